The van der Waals surface area contributed by atoms with E-state index in [2.05, 4.69) is 21.7 Å². The molecule has 1 aromatic heterocycles. The Morgan fingerprint density at radius 3 is 2.50 bits per heavy atom. The van der Waals surface area contributed by atoms with E-state index in [1.165, 1.54) is 0 Å². The summed E-state index contributed by atoms with van der Waals surface area (Å²) in [7, 11) is 0. The number of nitrogens with two attached hydrogens (primary N) is 1. The van der Waals surface area contributed by atoms with Crippen molar-refractivity contribution in [2.24, 2.45) is 11.7 Å². The molecule has 1 aromatic rings. The summed E-state index contributed by atoms with van der Waals surface area (Å²) in [4.78, 5) is 23.5. The lowest BCUT2D eigenvalue weighted by atomic mass is 9.91. The van der Waals surface area contributed by atoms with Crippen molar-refractivity contribution in [3.8, 4) is 0 Å². The minimum Gasteiger partial charge on any atom is -0.354 e. The maximum atomic E-state index is 12.5. The van der Waals surface area contributed by atoms with Crippen LogP contribution in [0.15, 0.2) is 24.4 Å². The third-order valence-electron chi connectivity index (χ3n) is 5.34. The van der Waals surface area contributed by atoms with Crippen LogP contribution in [0.1, 0.15) is 19.8 Å². The van der Waals surface area contributed by atoms with Gasteiger partial charge in [-0.1, -0.05) is 6.07 Å². The highest BCUT2D eigenvalue weighted by Gasteiger charge is 2.27. The molecule has 6 nitrogen and oxygen atoms in total. The van der Waals surface area contributed by atoms with Gasteiger partial charge in [0.1, 0.15) is 5.82 Å². The zero-order chi connectivity index (χ0) is 16.9. The topological polar surface area (TPSA) is 65.7 Å². The molecule has 3 heterocycles. The summed E-state index contributed by atoms with van der Waals surface area (Å²) < 4.78 is 0. The van der Waals surface area contributed by atoms with Gasteiger partial charge in [0, 0.05) is 51.5 Å². The normalized spacial score (nSPS) is 21.8. The van der Waals surface area contributed by atoms with E-state index in [1.54, 1.807) is 0 Å². The summed E-state index contributed by atoms with van der Waals surface area (Å²) >= 11 is 0. The van der Waals surface area contributed by atoms with Crippen molar-refractivity contribution in [1.82, 2.24) is 14.8 Å². The highest BCUT2D eigenvalue weighted by atomic mass is 16.2. The Balaban J connectivity index is 1.42. The summed E-state index contributed by atoms with van der Waals surface area (Å²) in [6.07, 6.45) is 3.91. The van der Waals surface area contributed by atoms with Crippen molar-refractivity contribution < 1.29 is 4.79 Å². The first-order chi connectivity index (χ1) is 11.6. The Labute approximate surface area is 144 Å². The molecule has 132 valence electrons. The van der Waals surface area contributed by atoms with Crippen molar-refractivity contribution in [2.45, 2.75) is 25.8 Å². The molecule has 0 aliphatic carbocycles. The Bertz CT molecular complexity index is 519. The molecular weight excluding hydrogens is 302 g/mol. The number of piperazine rings is 1. The average Bonchev–Trinajstić information content (AvgIpc) is 2.63. The van der Waals surface area contributed by atoms with Crippen LogP contribution in [0.3, 0.4) is 0 Å². The van der Waals surface area contributed by atoms with E-state index in [-0.39, 0.29) is 11.9 Å². The number of anilines is 1. The molecule has 1 unspecified atom stereocenters. The van der Waals surface area contributed by atoms with Gasteiger partial charge in [0.05, 0.1) is 6.54 Å². The molecule has 2 aliphatic rings. The van der Waals surface area contributed by atoms with E-state index >= 15 is 0 Å². The second-order valence-electron chi connectivity index (χ2n) is 7.03. The zero-order valence-corrected chi connectivity index (χ0v) is 14.6. The number of carbonyl (C=O) groups excluding carboxylic acids is 1. The van der Waals surface area contributed by atoms with E-state index in [1.807, 2.05) is 29.3 Å². The molecule has 1 atom stereocenters. The number of carbonyl (C=O) groups is 1. The Kier molecular flexibility index (Phi) is 5.68. The molecule has 2 N–H and O–H groups in total. The molecule has 24 heavy (non-hydrogen) atoms. The average molecular weight is 331 g/mol. The predicted molar refractivity (Wildman–Crippen MR) is 95.8 cm³/mol. The molecular formula is C18H29N5O. The minimum absolute atomic E-state index is 0.238. The van der Waals surface area contributed by atoms with Crippen LogP contribution in [0.2, 0.25) is 0 Å². The number of hydrogen-bond donors (Lipinski definition) is 1. The monoisotopic (exact) mass is 331 g/mol. The summed E-state index contributed by atoms with van der Waals surface area (Å²) in [5.74, 6) is 1.86. The van der Waals surface area contributed by atoms with Gasteiger partial charge in [-0.2, -0.15) is 0 Å². The van der Waals surface area contributed by atoms with Crippen molar-refractivity contribution in [2.75, 3.05) is 50.7 Å². The van der Waals surface area contributed by atoms with Crippen LogP contribution < -0.4 is 10.6 Å². The molecule has 0 radical (unpaired) electrons. The van der Waals surface area contributed by atoms with Crippen molar-refractivity contribution in [3.05, 3.63) is 24.4 Å². The Hall–Kier alpha value is -1.66. The predicted octanol–water partition coefficient (Wildman–Crippen LogP) is 0.789. The van der Waals surface area contributed by atoms with Gasteiger partial charge in [0.2, 0.25) is 5.91 Å². The molecule has 1 amide bonds. The van der Waals surface area contributed by atoms with Gasteiger partial charge >= 0.3 is 0 Å². The molecule has 2 aliphatic heterocycles. The van der Waals surface area contributed by atoms with Gasteiger partial charge < -0.3 is 15.5 Å². The van der Waals surface area contributed by atoms with Crippen molar-refractivity contribution in [3.63, 3.8) is 0 Å². The van der Waals surface area contributed by atoms with E-state index in [4.69, 9.17) is 5.73 Å². The van der Waals surface area contributed by atoms with E-state index in [9.17, 15) is 4.79 Å². The van der Waals surface area contributed by atoms with Gasteiger partial charge in [-0.15, -0.1) is 0 Å². The quantitative estimate of drug-likeness (QED) is 0.884. The molecule has 0 saturated carbocycles. The molecule has 2 saturated heterocycles. The van der Waals surface area contributed by atoms with Crippen LogP contribution in [-0.4, -0.2) is 72.5 Å². The van der Waals surface area contributed by atoms with Crippen molar-refractivity contribution in [1.29, 1.82) is 0 Å². The van der Waals surface area contributed by atoms with E-state index < -0.39 is 0 Å². The summed E-state index contributed by atoms with van der Waals surface area (Å²) in [6.45, 7) is 8.02. The summed E-state index contributed by atoms with van der Waals surface area (Å²) in [5, 5.41) is 0. The first kappa shape index (κ1) is 17.2. The van der Waals surface area contributed by atoms with Gasteiger partial charge in [-0.25, -0.2) is 4.98 Å². The zero-order valence-electron chi connectivity index (χ0n) is 14.6. The summed E-state index contributed by atoms with van der Waals surface area (Å²) in [5.41, 5.74) is 5.98. The fraction of sp³-hybridized carbons (Fsp3) is 0.667. The number of nitrogens with zero attached hydrogens (tertiary/aromatic N) is 4. The number of likely N-dealkylation sites (tertiary alicyclic amines) is 1. The second-order valence-corrected chi connectivity index (χ2v) is 7.03. The standard InChI is InChI=1S/C18H29N5O/c1-15(19)16-5-8-23(9-6-16)18(24)14-21-10-12-22(13-11-21)17-4-2-3-7-20-17/h2-4,7,15-16H,5-6,8-14,19H2,1H3. The third kappa shape index (κ3) is 4.24. The maximum absolute atomic E-state index is 12.5. The fourth-order valence-electron chi connectivity index (χ4n) is 3.64. The van der Waals surface area contributed by atoms with Crippen LogP contribution in [0, 0.1) is 5.92 Å². The molecule has 3 rings (SSSR count). The largest absolute Gasteiger partial charge is 0.354 e. The van der Waals surface area contributed by atoms with Crippen LogP contribution in [0.5, 0.6) is 0 Å². The van der Waals surface area contributed by atoms with Crippen LogP contribution in [-0.2, 0) is 4.79 Å². The lowest BCUT2D eigenvalue weighted by molar-refractivity contribution is -0.134. The van der Waals surface area contributed by atoms with E-state index in [0.717, 1.165) is 57.9 Å². The number of aromatic nitrogens is 1. The molecule has 0 bridgehead atoms. The van der Waals surface area contributed by atoms with Gasteiger partial charge in [0.15, 0.2) is 0 Å². The van der Waals surface area contributed by atoms with Crippen LogP contribution in [0.4, 0.5) is 5.82 Å². The highest BCUT2D eigenvalue weighted by Crippen LogP contribution is 2.20. The number of rotatable bonds is 4. The minimum atomic E-state index is 0.238. The third-order valence-corrected chi connectivity index (χ3v) is 5.34. The first-order valence-corrected chi connectivity index (χ1v) is 9.05. The molecule has 0 spiro atoms. The summed E-state index contributed by atoms with van der Waals surface area (Å²) in [6, 6.07) is 6.24. The number of hydrogen-bond acceptors (Lipinski definition) is 5. The highest BCUT2D eigenvalue weighted by molar-refractivity contribution is 5.78. The van der Waals surface area contributed by atoms with Crippen molar-refractivity contribution >= 4 is 11.7 Å². The Morgan fingerprint density at radius 1 is 1.21 bits per heavy atom. The van der Waals surface area contributed by atoms with Gasteiger partial charge in [0.25, 0.3) is 0 Å². The van der Waals surface area contributed by atoms with E-state index in [0.29, 0.717) is 12.5 Å². The second kappa shape index (κ2) is 7.94. The number of amides is 1. The number of piperidine rings is 1. The SMILES string of the molecule is CC(N)C1CCN(C(=O)CN2CCN(c3ccccn3)CC2)CC1. The number of pyridine rings is 1. The first-order valence-electron chi connectivity index (χ1n) is 9.05. The molecule has 2 fully saturated rings. The van der Waals surface area contributed by atoms with Gasteiger partial charge in [-0.05, 0) is 37.8 Å². The van der Waals surface area contributed by atoms with Gasteiger partial charge in [-0.3, -0.25) is 9.69 Å². The fourth-order valence-corrected chi connectivity index (χ4v) is 3.64. The lowest BCUT2D eigenvalue weighted by Crippen LogP contribution is -2.51. The Morgan fingerprint density at radius 2 is 1.92 bits per heavy atom. The van der Waals surface area contributed by atoms with Crippen LogP contribution >= 0.6 is 0 Å². The maximum Gasteiger partial charge on any atom is 0.236 e. The molecule has 0 aromatic carbocycles. The lowest BCUT2D eigenvalue weighted by Gasteiger charge is -2.38. The van der Waals surface area contributed by atoms with Crippen LogP contribution in [0.25, 0.3) is 0 Å². The smallest absolute Gasteiger partial charge is 0.236 e. The molecule has 6 heteroatoms.